The lowest BCUT2D eigenvalue weighted by Crippen LogP contribution is -2.36. The summed E-state index contributed by atoms with van der Waals surface area (Å²) in [5.41, 5.74) is 8.30. The first-order valence-corrected chi connectivity index (χ1v) is 9.42. The van der Waals surface area contributed by atoms with Gasteiger partial charge in [-0.2, -0.15) is 0 Å². The van der Waals surface area contributed by atoms with E-state index < -0.39 is 0 Å². The lowest BCUT2D eigenvalue weighted by Gasteiger charge is -2.22. The van der Waals surface area contributed by atoms with Crippen molar-refractivity contribution in [3.63, 3.8) is 0 Å². The van der Waals surface area contributed by atoms with Gasteiger partial charge in [0.15, 0.2) is 0 Å². The average Bonchev–Trinajstić information content (AvgIpc) is 3.04. The van der Waals surface area contributed by atoms with Crippen molar-refractivity contribution in [3.05, 3.63) is 70.7 Å². The molecular formula is C21H24ClN3O2. The number of carbonyl (C=O) groups excluding carboxylic acids is 2. The summed E-state index contributed by atoms with van der Waals surface area (Å²) in [6, 6.07) is 16.7. The zero-order chi connectivity index (χ0) is 19.4. The van der Waals surface area contributed by atoms with Gasteiger partial charge < -0.3 is 16.0 Å². The molecule has 5 nitrogen and oxygen atoms in total. The molecule has 1 saturated heterocycles. The van der Waals surface area contributed by atoms with E-state index in [1.54, 1.807) is 17.0 Å². The summed E-state index contributed by atoms with van der Waals surface area (Å²) >= 11 is 5.95. The highest BCUT2D eigenvalue weighted by molar-refractivity contribution is 6.30. The van der Waals surface area contributed by atoms with Crippen LogP contribution in [0.5, 0.6) is 0 Å². The van der Waals surface area contributed by atoms with E-state index in [2.05, 4.69) is 5.32 Å². The van der Waals surface area contributed by atoms with Crippen LogP contribution in [-0.4, -0.2) is 35.8 Å². The van der Waals surface area contributed by atoms with Crippen LogP contribution in [0.25, 0.3) is 0 Å². The van der Waals surface area contributed by atoms with Gasteiger partial charge in [0.05, 0.1) is 12.5 Å². The van der Waals surface area contributed by atoms with Gasteiger partial charge in [0, 0.05) is 37.0 Å². The van der Waals surface area contributed by atoms with E-state index in [1.165, 1.54) is 6.92 Å². The molecule has 2 amide bonds. The predicted octanol–water partition coefficient (Wildman–Crippen LogP) is 2.86. The normalized spacial score (nSPS) is 20.3. The maximum atomic E-state index is 12.9. The molecule has 0 aromatic heterocycles. The molecule has 3 rings (SSSR count). The number of nitrogens with zero attached hydrogens (tertiary/aromatic N) is 1. The first-order chi connectivity index (χ1) is 12.9. The molecule has 27 heavy (non-hydrogen) atoms. The molecule has 1 aliphatic heterocycles. The minimum atomic E-state index is -0.390. The fraction of sp³-hybridized carbons (Fsp3) is 0.333. The number of nitrogens with one attached hydrogen (secondary N) is 1. The van der Waals surface area contributed by atoms with Gasteiger partial charge in [-0.05, 0) is 23.3 Å². The Kier molecular flexibility index (Phi) is 6.14. The number of amides is 2. The van der Waals surface area contributed by atoms with Crippen molar-refractivity contribution in [2.45, 2.75) is 31.3 Å². The number of hydrogen-bond acceptors (Lipinski definition) is 3. The van der Waals surface area contributed by atoms with Crippen molar-refractivity contribution >= 4 is 23.4 Å². The van der Waals surface area contributed by atoms with E-state index in [0.29, 0.717) is 18.1 Å². The summed E-state index contributed by atoms with van der Waals surface area (Å²) in [4.78, 5) is 26.3. The van der Waals surface area contributed by atoms with Crippen molar-refractivity contribution in [1.29, 1.82) is 0 Å². The van der Waals surface area contributed by atoms with Gasteiger partial charge in [0.1, 0.15) is 0 Å². The Morgan fingerprint density at radius 1 is 1.15 bits per heavy atom. The highest BCUT2D eigenvalue weighted by Crippen LogP contribution is 2.28. The molecule has 0 spiro atoms. The number of halogens is 1. The Balaban J connectivity index is 1.70. The maximum absolute atomic E-state index is 12.9. The monoisotopic (exact) mass is 385 g/mol. The van der Waals surface area contributed by atoms with Crippen LogP contribution in [0.3, 0.4) is 0 Å². The zero-order valence-electron chi connectivity index (χ0n) is 15.3. The van der Waals surface area contributed by atoms with E-state index in [4.69, 9.17) is 17.3 Å². The van der Waals surface area contributed by atoms with Crippen molar-refractivity contribution in [3.8, 4) is 0 Å². The lowest BCUT2D eigenvalue weighted by atomic mass is 9.95. The van der Waals surface area contributed by atoms with Crippen LogP contribution in [0.4, 0.5) is 0 Å². The number of carbonyl (C=O) groups is 2. The van der Waals surface area contributed by atoms with Gasteiger partial charge in [-0.3, -0.25) is 9.59 Å². The first-order valence-electron chi connectivity index (χ1n) is 9.05. The van der Waals surface area contributed by atoms with Crippen molar-refractivity contribution in [1.82, 2.24) is 10.2 Å². The van der Waals surface area contributed by atoms with Crippen LogP contribution >= 0.6 is 11.6 Å². The van der Waals surface area contributed by atoms with Crippen molar-refractivity contribution < 1.29 is 9.59 Å². The SMILES string of the molecule is CC(=O)NC(CC(=O)N1C[C@@H](N)[C@H](c2ccccc2)C1)c1ccc(Cl)cc1. The number of nitrogens with two attached hydrogens (primary N) is 1. The number of benzene rings is 2. The smallest absolute Gasteiger partial charge is 0.225 e. The average molecular weight is 386 g/mol. The fourth-order valence-corrected chi connectivity index (χ4v) is 3.71. The Hall–Kier alpha value is -2.37. The molecule has 0 saturated carbocycles. The molecule has 0 bridgehead atoms. The van der Waals surface area contributed by atoms with Crippen LogP contribution in [0.2, 0.25) is 5.02 Å². The second-order valence-electron chi connectivity index (χ2n) is 6.99. The van der Waals surface area contributed by atoms with Gasteiger partial charge in [-0.15, -0.1) is 0 Å². The van der Waals surface area contributed by atoms with Crippen LogP contribution in [0, 0.1) is 0 Å². The van der Waals surface area contributed by atoms with Gasteiger partial charge in [-0.1, -0.05) is 54.1 Å². The van der Waals surface area contributed by atoms with E-state index in [1.807, 2.05) is 42.5 Å². The summed E-state index contributed by atoms with van der Waals surface area (Å²) in [5, 5.41) is 3.48. The second-order valence-corrected chi connectivity index (χ2v) is 7.42. The highest BCUT2D eigenvalue weighted by atomic mass is 35.5. The molecular weight excluding hydrogens is 362 g/mol. The summed E-state index contributed by atoms with van der Waals surface area (Å²) in [5.74, 6) is -0.0643. The molecule has 0 radical (unpaired) electrons. The Morgan fingerprint density at radius 2 is 1.81 bits per heavy atom. The topological polar surface area (TPSA) is 75.4 Å². The summed E-state index contributed by atoms with van der Waals surface area (Å²) in [6.45, 7) is 2.56. The summed E-state index contributed by atoms with van der Waals surface area (Å²) in [6.07, 6.45) is 0.190. The second kappa shape index (κ2) is 8.55. The quantitative estimate of drug-likeness (QED) is 0.830. The number of rotatable bonds is 5. The van der Waals surface area contributed by atoms with Crippen LogP contribution in [0.15, 0.2) is 54.6 Å². The van der Waals surface area contributed by atoms with Crippen LogP contribution in [-0.2, 0) is 9.59 Å². The maximum Gasteiger partial charge on any atom is 0.225 e. The molecule has 2 aromatic rings. The van der Waals surface area contributed by atoms with Crippen LogP contribution in [0.1, 0.15) is 36.4 Å². The Bertz CT molecular complexity index is 795. The minimum absolute atomic E-state index is 0.0161. The first kappa shape index (κ1) is 19.4. The largest absolute Gasteiger partial charge is 0.349 e. The molecule has 1 aliphatic rings. The van der Waals surface area contributed by atoms with Gasteiger partial charge >= 0.3 is 0 Å². The summed E-state index contributed by atoms with van der Waals surface area (Å²) in [7, 11) is 0. The number of likely N-dealkylation sites (tertiary alicyclic amines) is 1. The molecule has 6 heteroatoms. The third-order valence-corrected chi connectivity index (χ3v) is 5.23. The van der Waals surface area contributed by atoms with E-state index >= 15 is 0 Å². The lowest BCUT2D eigenvalue weighted by molar-refractivity contribution is -0.131. The van der Waals surface area contributed by atoms with Crippen LogP contribution < -0.4 is 11.1 Å². The molecule has 2 aromatic carbocycles. The van der Waals surface area contributed by atoms with Gasteiger partial charge in [0.2, 0.25) is 11.8 Å². The molecule has 1 heterocycles. The predicted molar refractivity (Wildman–Crippen MR) is 106 cm³/mol. The standard InChI is InChI=1S/C21H24ClN3O2/c1-14(26)24-20(16-7-9-17(22)10-8-16)11-21(27)25-12-18(19(23)13-25)15-5-3-2-4-6-15/h2-10,18-20H,11-13,23H2,1H3,(H,24,26)/t18-,19+,20?/m0/s1. The Morgan fingerprint density at radius 3 is 2.44 bits per heavy atom. The molecule has 142 valence electrons. The van der Waals surface area contributed by atoms with Crippen molar-refractivity contribution in [2.24, 2.45) is 5.73 Å². The fourth-order valence-electron chi connectivity index (χ4n) is 3.58. The molecule has 3 N–H and O–H groups in total. The minimum Gasteiger partial charge on any atom is -0.349 e. The van der Waals surface area contributed by atoms with Gasteiger partial charge in [-0.25, -0.2) is 0 Å². The van der Waals surface area contributed by atoms with E-state index in [9.17, 15) is 9.59 Å². The Labute approximate surface area is 164 Å². The molecule has 3 atom stereocenters. The van der Waals surface area contributed by atoms with E-state index in [-0.39, 0.29) is 36.2 Å². The third-order valence-electron chi connectivity index (χ3n) is 4.97. The molecule has 1 fully saturated rings. The third kappa shape index (κ3) is 4.87. The van der Waals surface area contributed by atoms with E-state index in [0.717, 1.165) is 11.1 Å². The zero-order valence-corrected chi connectivity index (χ0v) is 16.0. The highest BCUT2D eigenvalue weighted by Gasteiger charge is 2.34. The van der Waals surface area contributed by atoms with Gasteiger partial charge in [0.25, 0.3) is 0 Å². The summed E-state index contributed by atoms with van der Waals surface area (Å²) < 4.78 is 0. The number of hydrogen-bond donors (Lipinski definition) is 2. The van der Waals surface area contributed by atoms with Crippen molar-refractivity contribution in [2.75, 3.05) is 13.1 Å². The molecule has 0 aliphatic carbocycles. The molecule has 1 unspecified atom stereocenters.